The highest BCUT2D eigenvalue weighted by Gasteiger charge is 2.21. The number of carbonyl (C=O) groups is 1. The summed E-state index contributed by atoms with van der Waals surface area (Å²) in [5.74, 6) is -0.0104. The van der Waals surface area contributed by atoms with Crippen LogP contribution in [0.4, 0.5) is 0 Å². The first kappa shape index (κ1) is 12.2. The van der Waals surface area contributed by atoms with Gasteiger partial charge in [0.2, 0.25) is 0 Å². The smallest absolute Gasteiger partial charge is 0.341 e. The number of para-hydroxylation sites is 1. The number of hydrogen-bond acceptors (Lipinski definition) is 4. The van der Waals surface area contributed by atoms with Crippen molar-refractivity contribution in [2.75, 3.05) is 0 Å². The van der Waals surface area contributed by atoms with Gasteiger partial charge in [0, 0.05) is 6.42 Å². The van der Waals surface area contributed by atoms with Crippen LogP contribution in [0, 0.1) is 0 Å². The summed E-state index contributed by atoms with van der Waals surface area (Å²) in [5.41, 5.74) is 0.414. The standard InChI is InChI=1S/C13H13NO4/c1-2-11-12(13(15)16)10(14-18-11)8-17-9-6-4-3-5-7-9/h3-7H,2,8H2,1H3,(H,15,16). The van der Waals surface area contributed by atoms with Gasteiger partial charge in [0.1, 0.15) is 23.6 Å². The summed E-state index contributed by atoms with van der Waals surface area (Å²) in [6, 6.07) is 9.14. The molecule has 1 aromatic carbocycles. The lowest BCUT2D eigenvalue weighted by Gasteiger charge is -2.03. The first-order valence-corrected chi connectivity index (χ1v) is 5.61. The number of rotatable bonds is 5. The minimum Gasteiger partial charge on any atom is -0.487 e. The van der Waals surface area contributed by atoms with E-state index >= 15 is 0 Å². The van der Waals surface area contributed by atoms with Crippen molar-refractivity contribution in [1.29, 1.82) is 0 Å². The van der Waals surface area contributed by atoms with Crippen LogP contribution in [0.5, 0.6) is 5.75 Å². The van der Waals surface area contributed by atoms with E-state index in [-0.39, 0.29) is 12.2 Å². The summed E-state index contributed by atoms with van der Waals surface area (Å²) in [6.45, 7) is 1.89. The van der Waals surface area contributed by atoms with E-state index in [1.807, 2.05) is 25.1 Å². The van der Waals surface area contributed by atoms with E-state index in [0.29, 0.717) is 23.6 Å². The molecule has 2 rings (SSSR count). The molecule has 0 atom stereocenters. The zero-order valence-corrected chi connectivity index (χ0v) is 9.92. The summed E-state index contributed by atoms with van der Waals surface area (Å²) >= 11 is 0. The van der Waals surface area contributed by atoms with Crippen molar-refractivity contribution in [3.8, 4) is 5.75 Å². The maximum absolute atomic E-state index is 11.1. The largest absolute Gasteiger partial charge is 0.487 e. The molecule has 0 saturated heterocycles. The van der Waals surface area contributed by atoms with Crippen LogP contribution in [-0.4, -0.2) is 16.2 Å². The molecule has 0 aliphatic heterocycles. The Labute approximate surface area is 104 Å². The molecular weight excluding hydrogens is 234 g/mol. The molecule has 0 fully saturated rings. The third-order valence-electron chi connectivity index (χ3n) is 2.49. The molecule has 0 aliphatic rings. The van der Waals surface area contributed by atoms with Crippen LogP contribution in [-0.2, 0) is 13.0 Å². The Bertz CT molecular complexity index is 533. The Morgan fingerprint density at radius 1 is 1.39 bits per heavy atom. The molecule has 1 aromatic heterocycles. The van der Waals surface area contributed by atoms with Crippen LogP contribution < -0.4 is 4.74 Å². The normalized spacial score (nSPS) is 10.3. The van der Waals surface area contributed by atoms with Crippen molar-refractivity contribution in [1.82, 2.24) is 5.16 Å². The lowest BCUT2D eigenvalue weighted by Crippen LogP contribution is -2.06. The summed E-state index contributed by atoms with van der Waals surface area (Å²) in [4.78, 5) is 11.1. The average molecular weight is 247 g/mol. The first-order valence-electron chi connectivity index (χ1n) is 5.61. The molecule has 5 nitrogen and oxygen atoms in total. The van der Waals surface area contributed by atoms with Gasteiger partial charge in [-0.05, 0) is 12.1 Å². The molecule has 5 heteroatoms. The lowest BCUT2D eigenvalue weighted by molar-refractivity contribution is 0.0692. The molecule has 0 aliphatic carbocycles. The fraction of sp³-hybridized carbons (Fsp3) is 0.231. The predicted octanol–water partition coefficient (Wildman–Crippen LogP) is 2.51. The number of carboxylic acids is 1. The monoisotopic (exact) mass is 247 g/mol. The Hall–Kier alpha value is -2.30. The minimum absolute atomic E-state index is 0.0785. The Balaban J connectivity index is 2.15. The second kappa shape index (κ2) is 5.35. The van der Waals surface area contributed by atoms with Crippen LogP contribution in [0.3, 0.4) is 0 Å². The number of aromatic carboxylic acids is 1. The molecular formula is C13H13NO4. The zero-order chi connectivity index (χ0) is 13.0. The second-order valence-corrected chi connectivity index (χ2v) is 3.69. The molecule has 0 saturated carbocycles. The molecule has 0 radical (unpaired) electrons. The van der Waals surface area contributed by atoms with E-state index in [1.165, 1.54) is 0 Å². The maximum atomic E-state index is 11.1. The molecule has 1 N–H and O–H groups in total. The Kier molecular flexibility index (Phi) is 3.62. The predicted molar refractivity (Wildman–Crippen MR) is 63.6 cm³/mol. The van der Waals surface area contributed by atoms with E-state index in [2.05, 4.69) is 5.16 Å². The number of aryl methyl sites for hydroxylation is 1. The second-order valence-electron chi connectivity index (χ2n) is 3.69. The number of nitrogens with zero attached hydrogens (tertiary/aromatic N) is 1. The van der Waals surface area contributed by atoms with Gasteiger partial charge in [0.25, 0.3) is 0 Å². The molecule has 0 unspecified atom stereocenters. The van der Waals surface area contributed by atoms with Gasteiger partial charge in [-0.1, -0.05) is 30.3 Å². The molecule has 0 spiro atoms. The van der Waals surface area contributed by atoms with E-state index in [1.54, 1.807) is 12.1 Å². The van der Waals surface area contributed by atoms with Crippen molar-refractivity contribution >= 4 is 5.97 Å². The number of carboxylic acid groups (broad SMARTS) is 1. The fourth-order valence-electron chi connectivity index (χ4n) is 1.61. The fourth-order valence-corrected chi connectivity index (χ4v) is 1.61. The van der Waals surface area contributed by atoms with Gasteiger partial charge >= 0.3 is 5.97 Å². The molecule has 0 amide bonds. The van der Waals surface area contributed by atoms with E-state index in [0.717, 1.165) is 0 Å². The van der Waals surface area contributed by atoms with Crippen molar-refractivity contribution in [2.24, 2.45) is 0 Å². The van der Waals surface area contributed by atoms with Crippen LogP contribution in [0.1, 0.15) is 28.7 Å². The molecule has 18 heavy (non-hydrogen) atoms. The number of ether oxygens (including phenoxy) is 1. The lowest BCUT2D eigenvalue weighted by atomic mass is 10.1. The quantitative estimate of drug-likeness (QED) is 0.878. The highest BCUT2D eigenvalue weighted by molar-refractivity contribution is 5.89. The third kappa shape index (κ3) is 2.51. The van der Waals surface area contributed by atoms with Crippen molar-refractivity contribution in [2.45, 2.75) is 20.0 Å². The third-order valence-corrected chi connectivity index (χ3v) is 2.49. The van der Waals surface area contributed by atoms with Crippen LogP contribution in [0.25, 0.3) is 0 Å². The summed E-state index contributed by atoms with van der Waals surface area (Å²) in [7, 11) is 0. The van der Waals surface area contributed by atoms with Crippen molar-refractivity contribution in [3.05, 3.63) is 47.3 Å². The highest BCUT2D eigenvalue weighted by Crippen LogP contribution is 2.17. The SMILES string of the molecule is CCc1onc(COc2ccccc2)c1C(=O)O. The van der Waals surface area contributed by atoms with Gasteiger partial charge in [-0.3, -0.25) is 0 Å². The molecule has 0 bridgehead atoms. The topological polar surface area (TPSA) is 72.6 Å². The maximum Gasteiger partial charge on any atom is 0.341 e. The van der Waals surface area contributed by atoms with E-state index in [4.69, 9.17) is 14.4 Å². The highest BCUT2D eigenvalue weighted by atomic mass is 16.5. The average Bonchev–Trinajstić information content (AvgIpc) is 2.80. The van der Waals surface area contributed by atoms with E-state index in [9.17, 15) is 4.79 Å². The first-order chi connectivity index (χ1) is 8.72. The van der Waals surface area contributed by atoms with Crippen LogP contribution >= 0.6 is 0 Å². The number of hydrogen-bond donors (Lipinski definition) is 1. The van der Waals surface area contributed by atoms with E-state index < -0.39 is 5.97 Å². The van der Waals surface area contributed by atoms with Gasteiger partial charge in [-0.2, -0.15) is 0 Å². The Morgan fingerprint density at radius 2 is 2.11 bits per heavy atom. The molecule has 2 aromatic rings. The number of aromatic nitrogens is 1. The van der Waals surface area contributed by atoms with Gasteiger partial charge in [-0.25, -0.2) is 4.79 Å². The van der Waals surface area contributed by atoms with Gasteiger partial charge < -0.3 is 14.4 Å². The van der Waals surface area contributed by atoms with Gasteiger partial charge in [-0.15, -0.1) is 0 Å². The Morgan fingerprint density at radius 3 is 2.72 bits per heavy atom. The van der Waals surface area contributed by atoms with Gasteiger partial charge in [0.05, 0.1) is 0 Å². The van der Waals surface area contributed by atoms with Crippen molar-refractivity contribution < 1.29 is 19.2 Å². The number of benzene rings is 1. The van der Waals surface area contributed by atoms with Gasteiger partial charge in [0.15, 0.2) is 5.76 Å². The summed E-state index contributed by atoms with van der Waals surface area (Å²) in [6.07, 6.45) is 0.486. The summed E-state index contributed by atoms with van der Waals surface area (Å²) < 4.78 is 10.4. The van der Waals surface area contributed by atoms with Crippen molar-refractivity contribution in [3.63, 3.8) is 0 Å². The van der Waals surface area contributed by atoms with Crippen LogP contribution in [0.15, 0.2) is 34.9 Å². The molecule has 1 heterocycles. The van der Waals surface area contributed by atoms with Crippen LogP contribution in [0.2, 0.25) is 0 Å². The zero-order valence-electron chi connectivity index (χ0n) is 9.92. The molecule has 94 valence electrons. The minimum atomic E-state index is -1.04. The summed E-state index contributed by atoms with van der Waals surface area (Å²) in [5, 5.41) is 12.9.